The van der Waals surface area contributed by atoms with Crippen molar-refractivity contribution in [1.82, 2.24) is 15.2 Å². The zero-order chi connectivity index (χ0) is 27.8. The van der Waals surface area contributed by atoms with E-state index >= 15 is 0 Å². The Morgan fingerprint density at radius 1 is 1.16 bits per heavy atom. The third-order valence-corrected chi connectivity index (χ3v) is 5.87. The van der Waals surface area contributed by atoms with Gasteiger partial charge in [-0.2, -0.15) is 5.26 Å². The third-order valence-electron chi connectivity index (χ3n) is 5.87. The molecule has 2 amide bonds. The van der Waals surface area contributed by atoms with Gasteiger partial charge < -0.3 is 28.9 Å². The summed E-state index contributed by atoms with van der Waals surface area (Å²) in [5.74, 6) is -3.93. The first-order valence-electron chi connectivity index (χ1n) is 12.3. The number of nitrogens with zero attached hydrogens (tertiary/aromatic N) is 4. The number of nitrogens with one attached hydrogen (secondary N) is 1. The van der Waals surface area contributed by atoms with Crippen LogP contribution in [0.4, 0.5) is 8.78 Å². The summed E-state index contributed by atoms with van der Waals surface area (Å²) in [6.07, 6.45) is 0.749. The van der Waals surface area contributed by atoms with Crippen LogP contribution in [0.15, 0.2) is 30.5 Å². The van der Waals surface area contributed by atoms with Crippen LogP contribution in [0.2, 0.25) is 0 Å². The highest BCUT2D eigenvalue weighted by atomic mass is 19.3. The number of rotatable bonds is 13. The van der Waals surface area contributed by atoms with E-state index in [1.54, 1.807) is 24.3 Å². The summed E-state index contributed by atoms with van der Waals surface area (Å²) in [6.45, 7) is 1.83. The normalized spacial score (nSPS) is 16.8. The van der Waals surface area contributed by atoms with E-state index in [2.05, 4.69) is 31.4 Å². The van der Waals surface area contributed by atoms with Crippen LogP contribution in [-0.2, 0) is 14.3 Å². The van der Waals surface area contributed by atoms with Crippen LogP contribution in [0.25, 0.3) is 10.9 Å². The van der Waals surface area contributed by atoms with Crippen LogP contribution >= 0.6 is 0 Å². The molecule has 12 heteroatoms. The summed E-state index contributed by atoms with van der Waals surface area (Å²) in [4.78, 5) is 30.3. The predicted octanol–water partition coefficient (Wildman–Crippen LogP) is 1.84. The molecule has 0 unspecified atom stereocenters. The lowest BCUT2D eigenvalue weighted by atomic mass is 10.1. The molecule has 0 spiro atoms. The number of alkyl halides is 2. The Labute approximate surface area is 220 Å². The molecule has 1 saturated heterocycles. The van der Waals surface area contributed by atoms with Gasteiger partial charge >= 0.3 is 0 Å². The number of ether oxygens (including phenoxy) is 3. The number of likely N-dealkylation sites (tertiary alicyclic amines) is 1. The van der Waals surface area contributed by atoms with Crippen LogP contribution in [-0.4, -0.2) is 112 Å². The molecule has 2 aromatic rings. The van der Waals surface area contributed by atoms with Gasteiger partial charge in [0.1, 0.15) is 24.9 Å². The standard InChI is InChI=1S/C26H33F2N5O5/c1-33(2,3)8-9-36-10-11-37-12-13-38-20-4-5-23-22(14-20)21(6-7-30-23)25(35)31-17-24(34)32-18-26(27,28)15-19(32)16-29/h4-7,14,19H,8-13,15,17-18H2,1-3H3/p+1/t19-/m0/s1. The molecule has 1 aromatic heterocycles. The minimum absolute atomic E-state index is 0.249. The lowest BCUT2D eigenvalue weighted by Crippen LogP contribution is -2.43. The second kappa shape index (κ2) is 12.9. The maximum Gasteiger partial charge on any atom is 0.268 e. The van der Waals surface area contributed by atoms with Crippen molar-refractivity contribution in [2.75, 3.05) is 73.8 Å². The number of quaternary nitrogens is 1. The minimum Gasteiger partial charge on any atom is -0.491 e. The number of nitriles is 1. The smallest absolute Gasteiger partial charge is 0.268 e. The molecule has 1 aliphatic heterocycles. The lowest BCUT2D eigenvalue weighted by molar-refractivity contribution is -0.870. The topological polar surface area (TPSA) is 114 Å². The fraction of sp³-hybridized carbons (Fsp3) is 0.538. The molecule has 1 aliphatic rings. The largest absolute Gasteiger partial charge is 0.491 e. The molecule has 0 saturated carbocycles. The molecular formula is C26H34F2N5O5+. The zero-order valence-corrected chi connectivity index (χ0v) is 21.9. The van der Waals surface area contributed by atoms with E-state index in [4.69, 9.17) is 19.5 Å². The number of halogens is 2. The molecule has 10 nitrogen and oxygen atoms in total. The van der Waals surface area contributed by atoms with Gasteiger partial charge in [-0.05, 0) is 24.3 Å². The van der Waals surface area contributed by atoms with Crippen LogP contribution < -0.4 is 10.1 Å². The maximum absolute atomic E-state index is 13.6. The van der Waals surface area contributed by atoms with Gasteiger partial charge in [-0.25, -0.2) is 8.78 Å². The Balaban J connectivity index is 1.49. The van der Waals surface area contributed by atoms with E-state index in [1.807, 2.05) is 0 Å². The molecule has 3 rings (SSSR count). The SMILES string of the molecule is C[N+](C)(C)CCOCCOCCOc1ccc2nccc(C(=O)NCC(=O)N3CC(F)(F)C[C@H]3C#N)c2c1. The van der Waals surface area contributed by atoms with Gasteiger partial charge in [-0.3, -0.25) is 14.6 Å². The monoisotopic (exact) mass is 534 g/mol. The van der Waals surface area contributed by atoms with Crippen molar-refractivity contribution in [3.8, 4) is 11.8 Å². The van der Waals surface area contributed by atoms with Crippen molar-refractivity contribution >= 4 is 22.7 Å². The van der Waals surface area contributed by atoms with Crippen molar-refractivity contribution < 1.29 is 37.1 Å². The van der Waals surface area contributed by atoms with Crippen molar-refractivity contribution in [1.29, 1.82) is 5.26 Å². The number of fused-ring (bicyclic) bond motifs is 1. The van der Waals surface area contributed by atoms with E-state index in [9.17, 15) is 18.4 Å². The molecule has 1 atom stereocenters. The van der Waals surface area contributed by atoms with Crippen molar-refractivity contribution in [2.24, 2.45) is 0 Å². The van der Waals surface area contributed by atoms with Crippen LogP contribution in [0.1, 0.15) is 16.8 Å². The van der Waals surface area contributed by atoms with Gasteiger partial charge in [0.15, 0.2) is 0 Å². The average Bonchev–Trinajstić information content (AvgIpc) is 3.19. The number of pyridine rings is 1. The highest BCUT2D eigenvalue weighted by molar-refractivity contribution is 6.07. The zero-order valence-electron chi connectivity index (χ0n) is 21.9. The highest BCUT2D eigenvalue weighted by Crippen LogP contribution is 2.31. The number of aromatic nitrogens is 1. The molecule has 206 valence electrons. The van der Waals surface area contributed by atoms with E-state index in [1.165, 1.54) is 12.3 Å². The second-order valence-electron chi connectivity index (χ2n) is 10.0. The van der Waals surface area contributed by atoms with Gasteiger partial charge in [0.05, 0.1) is 77.8 Å². The van der Waals surface area contributed by atoms with Gasteiger partial charge in [0.2, 0.25) is 5.91 Å². The summed E-state index contributed by atoms with van der Waals surface area (Å²) in [6, 6.07) is 7.09. The van der Waals surface area contributed by atoms with E-state index < -0.39 is 43.3 Å². The van der Waals surface area contributed by atoms with Crippen LogP contribution in [0.5, 0.6) is 5.75 Å². The van der Waals surface area contributed by atoms with Crippen molar-refractivity contribution in [3.63, 3.8) is 0 Å². The predicted molar refractivity (Wildman–Crippen MR) is 135 cm³/mol. The Morgan fingerprint density at radius 3 is 2.58 bits per heavy atom. The number of likely N-dealkylation sites (N-methyl/N-ethyl adjacent to an activating group) is 1. The molecule has 0 radical (unpaired) electrons. The van der Waals surface area contributed by atoms with Crippen molar-refractivity contribution in [3.05, 3.63) is 36.0 Å². The van der Waals surface area contributed by atoms with Crippen molar-refractivity contribution in [2.45, 2.75) is 18.4 Å². The Kier molecular flexibility index (Phi) is 9.90. The molecular weight excluding hydrogens is 500 g/mol. The van der Waals surface area contributed by atoms with E-state index in [0.717, 1.165) is 15.9 Å². The third kappa shape index (κ3) is 8.58. The van der Waals surface area contributed by atoms with E-state index in [-0.39, 0.29) is 5.56 Å². The van der Waals surface area contributed by atoms with Gasteiger partial charge in [0.25, 0.3) is 11.8 Å². The summed E-state index contributed by atoms with van der Waals surface area (Å²) in [5, 5.41) is 12.0. The van der Waals surface area contributed by atoms with Gasteiger partial charge in [-0.1, -0.05) is 0 Å². The number of hydrogen-bond acceptors (Lipinski definition) is 7. The number of carbonyl (C=O) groups is 2. The molecule has 1 fully saturated rings. The summed E-state index contributed by atoms with van der Waals surface area (Å²) in [7, 11) is 6.30. The maximum atomic E-state index is 13.6. The minimum atomic E-state index is -3.12. The first kappa shape index (κ1) is 29.2. The van der Waals surface area contributed by atoms with E-state index in [0.29, 0.717) is 49.7 Å². The Bertz CT molecular complexity index is 1160. The molecule has 1 N–H and O–H groups in total. The fourth-order valence-corrected chi connectivity index (χ4v) is 3.84. The highest BCUT2D eigenvalue weighted by Gasteiger charge is 2.47. The molecule has 0 aliphatic carbocycles. The van der Waals surface area contributed by atoms with Crippen LogP contribution in [0, 0.1) is 11.3 Å². The first-order chi connectivity index (χ1) is 18.0. The van der Waals surface area contributed by atoms with Gasteiger partial charge in [0, 0.05) is 18.0 Å². The molecule has 0 bridgehead atoms. The quantitative estimate of drug-likeness (QED) is 0.308. The number of benzene rings is 1. The number of carbonyl (C=O) groups excluding carboxylic acids is 2. The summed E-state index contributed by atoms with van der Waals surface area (Å²) >= 11 is 0. The first-order valence-corrected chi connectivity index (χ1v) is 12.3. The molecule has 1 aromatic carbocycles. The molecule has 38 heavy (non-hydrogen) atoms. The Hall–Kier alpha value is -3.40. The Morgan fingerprint density at radius 2 is 1.87 bits per heavy atom. The lowest BCUT2D eigenvalue weighted by Gasteiger charge is -2.23. The summed E-state index contributed by atoms with van der Waals surface area (Å²) < 4.78 is 44.9. The summed E-state index contributed by atoms with van der Waals surface area (Å²) in [5.41, 5.74) is 0.793. The molecule has 2 heterocycles. The van der Waals surface area contributed by atoms with Crippen LogP contribution in [0.3, 0.4) is 0 Å². The second-order valence-corrected chi connectivity index (χ2v) is 10.0. The number of hydrogen-bond donors (Lipinski definition) is 1. The van der Waals surface area contributed by atoms with Gasteiger partial charge in [-0.15, -0.1) is 0 Å². The fourth-order valence-electron chi connectivity index (χ4n) is 3.84. The number of amides is 2. The average molecular weight is 535 g/mol.